The summed E-state index contributed by atoms with van der Waals surface area (Å²) in [5, 5.41) is 3.05. The summed E-state index contributed by atoms with van der Waals surface area (Å²) in [4.78, 5) is 11.3. The maximum atomic E-state index is 11.3. The molecule has 1 atom stereocenters. The van der Waals surface area contributed by atoms with E-state index < -0.39 is 0 Å². The first-order valence-corrected chi connectivity index (χ1v) is 6.48. The molecule has 0 bridgehead atoms. The second kappa shape index (κ2) is 4.63. The van der Waals surface area contributed by atoms with Crippen LogP contribution in [-0.2, 0) is 16.6 Å². The van der Waals surface area contributed by atoms with Crippen molar-refractivity contribution in [3.8, 4) is 5.75 Å². The summed E-state index contributed by atoms with van der Waals surface area (Å²) in [5.74, 6) is 0.943. The quantitative estimate of drug-likeness (QED) is 0.891. The largest absolute Gasteiger partial charge is 0.494 e. The van der Waals surface area contributed by atoms with Gasteiger partial charge in [0.2, 0.25) is 5.91 Å². The highest BCUT2D eigenvalue weighted by Crippen LogP contribution is 2.40. The maximum absolute atomic E-state index is 11.3. The van der Waals surface area contributed by atoms with Gasteiger partial charge in [-0.25, -0.2) is 0 Å². The van der Waals surface area contributed by atoms with Crippen LogP contribution < -0.4 is 10.1 Å². The van der Waals surface area contributed by atoms with Gasteiger partial charge in [-0.1, -0.05) is 19.9 Å². The monoisotopic (exact) mass is 247 g/mol. The van der Waals surface area contributed by atoms with Crippen LogP contribution in [-0.4, -0.2) is 18.6 Å². The lowest BCUT2D eigenvalue weighted by molar-refractivity contribution is -0.120. The zero-order valence-corrected chi connectivity index (χ0v) is 11.5. The first-order chi connectivity index (χ1) is 8.45. The average Bonchev–Trinajstić information content (AvgIpc) is 2.52. The molecule has 0 aromatic heterocycles. The van der Waals surface area contributed by atoms with Gasteiger partial charge in [-0.15, -0.1) is 0 Å². The molecule has 98 valence electrons. The number of carbonyl (C=O) groups excluding carboxylic acids is 1. The summed E-state index contributed by atoms with van der Waals surface area (Å²) in [6.07, 6.45) is 0.897. The third kappa shape index (κ3) is 2.22. The smallest absolute Gasteiger partial charge is 0.217 e. The summed E-state index contributed by atoms with van der Waals surface area (Å²) in [6.45, 7) is 8.59. The molecule has 1 aromatic rings. The van der Waals surface area contributed by atoms with E-state index in [0.29, 0.717) is 6.61 Å². The number of rotatable bonds is 3. The van der Waals surface area contributed by atoms with E-state index in [1.807, 2.05) is 13.0 Å². The Bertz CT molecular complexity index is 466. The molecular weight excluding hydrogens is 226 g/mol. The summed E-state index contributed by atoms with van der Waals surface area (Å²) >= 11 is 0. The van der Waals surface area contributed by atoms with Gasteiger partial charge in [0.05, 0.1) is 6.61 Å². The van der Waals surface area contributed by atoms with Crippen molar-refractivity contribution in [2.24, 2.45) is 0 Å². The number of nitrogens with one attached hydrogen (secondary N) is 1. The average molecular weight is 247 g/mol. The maximum Gasteiger partial charge on any atom is 0.217 e. The minimum Gasteiger partial charge on any atom is -0.494 e. The highest BCUT2D eigenvalue weighted by Gasteiger charge is 2.39. The van der Waals surface area contributed by atoms with Crippen molar-refractivity contribution in [3.63, 3.8) is 0 Å². The van der Waals surface area contributed by atoms with Crippen molar-refractivity contribution in [1.82, 2.24) is 5.32 Å². The van der Waals surface area contributed by atoms with Crippen molar-refractivity contribution in [2.75, 3.05) is 6.61 Å². The Labute approximate surface area is 109 Å². The fraction of sp³-hybridized carbons (Fsp3) is 0.533. The van der Waals surface area contributed by atoms with E-state index in [1.54, 1.807) is 6.92 Å². The molecular formula is C15H21NO2. The first kappa shape index (κ1) is 12.9. The molecule has 0 fully saturated rings. The van der Waals surface area contributed by atoms with Crippen LogP contribution in [0, 0.1) is 0 Å². The van der Waals surface area contributed by atoms with Crippen LogP contribution in [0.25, 0.3) is 0 Å². The Morgan fingerprint density at radius 1 is 1.50 bits per heavy atom. The number of benzene rings is 1. The fourth-order valence-electron chi connectivity index (χ4n) is 2.73. The third-order valence-electron chi connectivity index (χ3n) is 3.76. The Hall–Kier alpha value is -1.51. The number of carbonyl (C=O) groups is 1. The summed E-state index contributed by atoms with van der Waals surface area (Å²) in [7, 11) is 0. The molecule has 0 saturated carbocycles. The fourth-order valence-corrected chi connectivity index (χ4v) is 2.73. The van der Waals surface area contributed by atoms with Crippen LogP contribution in [0.1, 0.15) is 38.8 Å². The van der Waals surface area contributed by atoms with E-state index in [0.717, 1.165) is 12.2 Å². The lowest BCUT2D eigenvalue weighted by Crippen LogP contribution is -2.44. The minimum absolute atomic E-state index is 0.0333. The standard InChI is InChI=1S/C15H21NO2/c1-5-18-12-7-6-11-8-14(16-10(2)17)15(3,4)13(11)9-12/h6-7,9,14H,5,8H2,1-4H3,(H,16,17). The molecule has 1 unspecified atom stereocenters. The molecule has 0 saturated heterocycles. The SMILES string of the molecule is CCOc1ccc2c(c1)C(C)(C)C(NC(C)=O)C2. The normalized spacial score (nSPS) is 20.3. The van der Waals surface area contributed by atoms with E-state index in [2.05, 4.69) is 31.3 Å². The van der Waals surface area contributed by atoms with Crippen molar-refractivity contribution in [3.05, 3.63) is 29.3 Å². The predicted molar refractivity (Wildman–Crippen MR) is 71.9 cm³/mol. The van der Waals surface area contributed by atoms with Crippen LogP contribution >= 0.6 is 0 Å². The van der Waals surface area contributed by atoms with Crippen molar-refractivity contribution in [2.45, 2.75) is 45.6 Å². The molecule has 1 aliphatic rings. The Morgan fingerprint density at radius 3 is 2.83 bits per heavy atom. The molecule has 3 nitrogen and oxygen atoms in total. The third-order valence-corrected chi connectivity index (χ3v) is 3.76. The lowest BCUT2D eigenvalue weighted by Gasteiger charge is -2.28. The molecule has 1 amide bonds. The van der Waals surface area contributed by atoms with E-state index in [4.69, 9.17) is 4.74 Å². The van der Waals surface area contributed by atoms with E-state index in [9.17, 15) is 4.79 Å². The Balaban J connectivity index is 2.31. The Morgan fingerprint density at radius 2 is 2.22 bits per heavy atom. The van der Waals surface area contributed by atoms with E-state index in [-0.39, 0.29) is 17.4 Å². The zero-order chi connectivity index (χ0) is 13.3. The molecule has 0 radical (unpaired) electrons. The van der Waals surface area contributed by atoms with Crippen LogP contribution in [0.15, 0.2) is 18.2 Å². The van der Waals surface area contributed by atoms with Gasteiger partial charge in [0.1, 0.15) is 5.75 Å². The van der Waals surface area contributed by atoms with Crippen LogP contribution in [0.5, 0.6) is 5.75 Å². The predicted octanol–water partition coefficient (Wildman–Crippen LogP) is 2.42. The molecule has 2 rings (SSSR count). The second-order valence-electron chi connectivity index (χ2n) is 5.43. The highest BCUT2D eigenvalue weighted by molar-refractivity contribution is 5.74. The van der Waals surface area contributed by atoms with Gasteiger partial charge >= 0.3 is 0 Å². The van der Waals surface area contributed by atoms with Crippen molar-refractivity contribution >= 4 is 5.91 Å². The van der Waals surface area contributed by atoms with Gasteiger partial charge in [0, 0.05) is 18.4 Å². The van der Waals surface area contributed by atoms with E-state index in [1.165, 1.54) is 11.1 Å². The molecule has 1 aromatic carbocycles. The van der Waals surface area contributed by atoms with Gasteiger partial charge in [-0.2, -0.15) is 0 Å². The first-order valence-electron chi connectivity index (χ1n) is 6.48. The zero-order valence-electron chi connectivity index (χ0n) is 11.5. The van der Waals surface area contributed by atoms with Gasteiger partial charge in [-0.3, -0.25) is 4.79 Å². The van der Waals surface area contributed by atoms with Crippen molar-refractivity contribution in [1.29, 1.82) is 0 Å². The minimum atomic E-state index is -0.0475. The molecule has 0 aliphatic heterocycles. The molecule has 18 heavy (non-hydrogen) atoms. The number of fused-ring (bicyclic) bond motifs is 1. The lowest BCUT2D eigenvalue weighted by atomic mass is 9.83. The molecule has 1 N–H and O–H groups in total. The molecule has 3 heteroatoms. The number of hydrogen-bond donors (Lipinski definition) is 1. The number of amides is 1. The van der Waals surface area contributed by atoms with Gasteiger partial charge < -0.3 is 10.1 Å². The van der Waals surface area contributed by atoms with Gasteiger partial charge in [-0.05, 0) is 36.6 Å². The second-order valence-corrected chi connectivity index (χ2v) is 5.43. The van der Waals surface area contributed by atoms with Gasteiger partial charge in [0.25, 0.3) is 0 Å². The van der Waals surface area contributed by atoms with E-state index >= 15 is 0 Å². The summed E-state index contributed by atoms with van der Waals surface area (Å²) in [6, 6.07) is 6.40. The topological polar surface area (TPSA) is 38.3 Å². The number of ether oxygens (including phenoxy) is 1. The van der Waals surface area contributed by atoms with Crippen LogP contribution in [0.2, 0.25) is 0 Å². The molecule has 0 heterocycles. The summed E-state index contributed by atoms with van der Waals surface area (Å²) < 4.78 is 5.55. The number of hydrogen-bond acceptors (Lipinski definition) is 2. The molecule has 1 aliphatic carbocycles. The van der Waals surface area contributed by atoms with Crippen LogP contribution in [0.4, 0.5) is 0 Å². The molecule has 0 spiro atoms. The Kier molecular flexibility index (Phi) is 3.33. The highest BCUT2D eigenvalue weighted by atomic mass is 16.5. The summed E-state index contributed by atoms with van der Waals surface area (Å²) in [5.41, 5.74) is 2.54. The van der Waals surface area contributed by atoms with Crippen molar-refractivity contribution < 1.29 is 9.53 Å². The van der Waals surface area contributed by atoms with Gasteiger partial charge in [0.15, 0.2) is 0 Å². The van der Waals surface area contributed by atoms with Crippen LogP contribution in [0.3, 0.4) is 0 Å².